The van der Waals surface area contributed by atoms with Crippen molar-refractivity contribution < 1.29 is 9.21 Å². The fourth-order valence-corrected chi connectivity index (χ4v) is 2.57. The van der Waals surface area contributed by atoms with Gasteiger partial charge < -0.3 is 14.6 Å². The summed E-state index contributed by atoms with van der Waals surface area (Å²) in [6.45, 7) is 1.65. The third-order valence-corrected chi connectivity index (χ3v) is 3.99. The van der Waals surface area contributed by atoms with Crippen LogP contribution in [0.4, 0.5) is 5.69 Å². The van der Waals surface area contributed by atoms with E-state index in [1.165, 1.54) is 11.8 Å². The van der Waals surface area contributed by atoms with Crippen LogP contribution in [0.25, 0.3) is 6.08 Å². The topological polar surface area (TPSA) is 45.5 Å². The maximum Gasteiger partial charge on any atom is 0.244 e. The highest BCUT2D eigenvalue weighted by Crippen LogP contribution is 2.12. The Morgan fingerprint density at radius 2 is 2.00 bits per heavy atom. The first-order valence-electron chi connectivity index (χ1n) is 7.62. The fraction of sp³-hybridized carbons (Fsp3) is 0.278. The van der Waals surface area contributed by atoms with E-state index in [1.807, 2.05) is 30.3 Å². The van der Waals surface area contributed by atoms with E-state index in [9.17, 15) is 4.79 Å². The first kappa shape index (κ1) is 17.6. The number of unbranched alkanes of at least 4 members (excludes halogenated alkanes) is 1. The van der Waals surface area contributed by atoms with E-state index >= 15 is 0 Å². The van der Waals surface area contributed by atoms with Gasteiger partial charge in [0.1, 0.15) is 5.76 Å². The lowest BCUT2D eigenvalue weighted by atomic mass is 10.2. The molecule has 1 heterocycles. The number of rotatable bonds is 8. The van der Waals surface area contributed by atoms with Gasteiger partial charge in [0, 0.05) is 31.9 Å². The number of hydrogen-bond acceptors (Lipinski definition) is 3. The highest BCUT2D eigenvalue weighted by Gasteiger charge is 2.00. The Bertz CT molecular complexity index is 637. The maximum absolute atomic E-state index is 11.7. The number of nitrogens with one attached hydrogen (secondary N) is 1. The Morgan fingerprint density at radius 3 is 2.70 bits per heavy atom. The van der Waals surface area contributed by atoms with Gasteiger partial charge in [0.25, 0.3) is 0 Å². The van der Waals surface area contributed by atoms with Crippen LogP contribution in [0.2, 0.25) is 0 Å². The van der Waals surface area contributed by atoms with Crippen LogP contribution < -0.4 is 10.2 Å². The monoisotopic (exact) mass is 424 g/mol. The third kappa shape index (κ3) is 6.48. The molecule has 2 aromatic rings. The van der Waals surface area contributed by atoms with Gasteiger partial charge in [-0.25, -0.2) is 0 Å². The molecule has 0 saturated heterocycles. The molecule has 0 bridgehead atoms. The molecular weight excluding hydrogens is 403 g/mol. The van der Waals surface area contributed by atoms with Crippen LogP contribution in [-0.4, -0.2) is 26.0 Å². The molecule has 122 valence electrons. The Kier molecular flexibility index (Phi) is 7.19. The molecule has 0 atom stereocenters. The van der Waals surface area contributed by atoms with Crippen molar-refractivity contribution in [2.24, 2.45) is 0 Å². The van der Waals surface area contributed by atoms with Crippen LogP contribution in [0.15, 0.2) is 53.0 Å². The number of anilines is 1. The van der Waals surface area contributed by atoms with Crippen LogP contribution in [0.1, 0.15) is 18.6 Å². The van der Waals surface area contributed by atoms with E-state index in [0.717, 1.165) is 23.2 Å². The minimum Gasteiger partial charge on any atom is -0.451 e. The SMILES string of the molecule is CN(CCCCNC(=O)C=Cc1ccc(I)o1)c1ccccc1. The molecule has 0 saturated carbocycles. The molecule has 0 unspecified atom stereocenters. The lowest BCUT2D eigenvalue weighted by molar-refractivity contribution is -0.116. The molecule has 0 aliphatic carbocycles. The molecule has 0 aliphatic rings. The zero-order valence-electron chi connectivity index (χ0n) is 13.2. The summed E-state index contributed by atoms with van der Waals surface area (Å²) in [4.78, 5) is 13.9. The second-order valence-corrected chi connectivity index (χ2v) is 6.29. The summed E-state index contributed by atoms with van der Waals surface area (Å²) in [5.74, 6) is 0.599. The molecular formula is C18H21IN2O2. The van der Waals surface area contributed by atoms with Gasteiger partial charge in [-0.15, -0.1) is 0 Å². The molecule has 23 heavy (non-hydrogen) atoms. The molecule has 0 aliphatic heterocycles. The predicted molar refractivity (Wildman–Crippen MR) is 102 cm³/mol. The van der Waals surface area contributed by atoms with E-state index in [1.54, 1.807) is 6.08 Å². The van der Waals surface area contributed by atoms with Crippen LogP contribution in [-0.2, 0) is 4.79 Å². The summed E-state index contributed by atoms with van der Waals surface area (Å²) in [5.41, 5.74) is 1.22. The number of carbonyl (C=O) groups is 1. The number of amides is 1. The Balaban J connectivity index is 1.60. The Labute approximate surface area is 150 Å². The first-order chi connectivity index (χ1) is 11.1. The summed E-state index contributed by atoms with van der Waals surface area (Å²) in [5, 5.41) is 2.89. The zero-order valence-corrected chi connectivity index (χ0v) is 15.3. The molecule has 1 aromatic carbocycles. The molecule has 1 N–H and O–H groups in total. The van der Waals surface area contributed by atoms with Gasteiger partial charge in [0.15, 0.2) is 3.77 Å². The third-order valence-electron chi connectivity index (χ3n) is 3.41. The van der Waals surface area contributed by atoms with Gasteiger partial charge in [-0.2, -0.15) is 0 Å². The summed E-state index contributed by atoms with van der Waals surface area (Å²) in [7, 11) is 2.08. The van der Waals surface area contributed by atoms with Gasteiger partial charge in [-0.05, 0) is 65.8 Å². The van der Waals surface area contributed by atoms with E-state index in [0.29, 0.717) is 12.3 Å². The Morgan fingerprint density at radius 1 is 1.22 bits per heavy atom. The molecule has 0 radical (unpaired) electrons. The van der Waals surface area contributed by atoms with Gasteiger partial charge in [0.2, 0.25) is 5.91 Å². The molecule has 1 amide bonds. The van der Waals surface area contributed by atoms with Crippen molar-refractivity contribution in [1.29, 1.82) is 0 Å². The van der Waals surface area contributed by atoms with Crippen LogP contribution >= 0.6 is 22.6 Å². The maximum atomic E-state index is 11.7. The van der Waals surface area contributed by atoms with Crippen molar-refractivity contribution in [2.75, 3.05) is 25.0 Å². The van der Waals surface area contributed by atoms with Gasteiger partial charge >= 0.3 is 0 Å². The van der Waals surface area contributed by atoms with Crippen molar-refractivity contribution in [3.63, 3.8) is 0 Å². The highest BCUT2D eigenvalue weighted by atomic mass is 127. The molecule has 0 spiro atoms. The second-order valence-electron chi connectivity index (χ2n) is 5.23. The average Bonchev–Trinajstić information content (AvgIpc) is 2.98. The average molecular weight is 424 g/mol. The number of para-hydroxylation sites is 1. The van der Waals surface area contributed by atoms with Gasteiger partial charge in [-0.1, -0.05) is 18.2 Å². The lowest BCUT2D eigenvalue weighted by Crippen LogP contribution is -2.24. The number of nitrogens with zero attached hydrogens (tertiary/aromatic N) is 1. The molecule has 1 aromatic heterocycles. The molecule has 5 heteroatoms. The van der Waals surface area contributed by atoms with Crippen molar-refractivity contribution >= 4 is 40.3 Å². The number of halogens is 1. The lowest BCUT2D eigenvalue weighted by Gasteiger charge is -2.18. The number of carbonyl (C=O) groups excluding carboxylic acids is 1. The van der Waals surface area contributed by atoms with E-state index < -0.39 is 0 Å². The second kappa shape index (κ2) is 9.39. The fourth-order valence-electron chi connectivity index (χ4n) is 2.13. The van der Waals surface area contributed by atoms with Crippen molar-refractivity contribution in [3.05, 3.63) is 58.1 Å². The minimum absolute atomic E-state index is 0.0900. The quantitative estimate of drug-likeness (QED) is 0.397. The van der Waals surface area contributed by atoms with E-state index in [4.69, 9.17) is 4.42 Å². The number of furan rings is 1. The predicted octanol–water partition coefficient (Wildman–Crippen LogP) is 3.93. The highest BCUT2D eigenvalue weighted by molar-refractivity contribution is 14.1. The van der Waals surface area contributed by atoms with Crippen LogP contribution in [0.5, 0.6) is 0 Å². The first-order valence-corrected chi connectivity index (χ1v) is 8.70. The normalized spacial score (nSPS) is 10.9. The summed E-state index contributed by atoms with van der Waals surface area (Å²) < 4.78 is 6.17. The molecule has 2 rings (SSSR count). The number of benzene rings is 1. The summed E-state index contributed by atoms with van der Waals surface area (Å²) in [6.07, 6.45) is 5.17. The summed E-state index contributed by atoms with van der Waals surface area (Å²) in [6, 6.07) is 14.0. The van der Waals surface area contributed by atoms with Crippen molar-refractivity contribution in [2.45, 2.75) is 12.8 Å². The zero-order chi connectivity index (χ0) is 16.5. The van der Waals surface area contributed by atoms with Crippen molar-refractivity contribution in [1.82, 2.24) is 5.32 Å². The van der Waals surface area contributed by atoms with Crippen molar-refractivity contribution in [3.8, 4) is 0 Å². The van der Waals surface area contributed by atoms with Crippen LogP contribution in [0, 0.1) is 3.77 Å². The standard InChI is InChI=1S/C18H21IN2O2/c1-21(15-7-3-2-4-8-15)14-6-5-13-20-18(22)12-10-16-9-11-17(19)23-16/h2-4,7-12H,5-6,13-14H2,1H3,(H,20,22). The largest absolute Gasteiger partial charge is 0.451 e. The van der Waals surface area contributed by atoms with Gasteiger partial charge in [-0.3, -0.25) is 4.79 Å². The van der Waals surface area contributed by atoms with E-state index in [2.05, 4.69) is 52.0 Å². The van der Waals surface area contributed by atoms with E-state index in [-0.39, 0.29) is 5.91 Å². The Hall–Kier alpha value is -1.76. The molecule has 0 fully saturated rings. The van der Waals surface area contributed by atoms with Crippen LogP contribution in [0.3, 0.4) is 0 Å². The number of hydrogen-bond donors (Lipinski definition) is 1. The summed E-state index contributed by atoms with van der Waals surface area (Å²) >= 11 is 2.09. The van der Waals surface area contributed by atoms with Gasteiger partial charge in [0.05, 0.1) is 0 Å². The minimum atomic E-state index is -0.0900. The molecule has 4 nitrogen and oxygen atoms in total. The smallest absolute Gasteiger partial charge is 0.244 e.